The molecule has 0 radical (unpaired) electrons. The highest BCUT2D eigenvalue weighted by Gasteiger charge is 2.35. The number of hydrogen-bond acceptors (Lipinski definition) is 2. The Morgan fingerprint density at radius 3 is 1.12 bits per heavy atom. The van der Waals surface area contributed by atoms with Crippen molar-refractivity contribution in [1.29, 1.82) is 0 Å². The Kier molecular flexibility index (Phi) is 29.0. The molecule has 1 aliphatic heterocycles. The van der Waals surface area contributed by atoms with Gasteiger partial charge in [0.25, 0.3) is 0 Å². The van der Waals surface area contributed by atoms with Gasteiger partial charge in [-0.25, -0.2) is 0 Å². The van der Waals surface area contributed by atoms with Gasteiger partial charge in [-0.3, -0.25) is 0 Å². The molecule has 0 aliphatic carbocycles. The lowest BCUT2D eigenvalue weighted by Crippen LogP contribution is -2.22. The van der Waals surface area contributed by atoms with Crippen molar-refractivity contribution in [2.24, 2.45) is 21.8 Å². The fourth-order valence-corrected chi connectivity index (χ4v) is 7.90. The van der Waals surface area contributed by atoms with Gasteiger partial charge in [0, 0.05) is 0 Å². The summed E-state index contributed by atoms with van der Waals surface area (Å²) in [5.74, 6) is 1.14. The second-order valence-corrected chi connectivity index (χ2v) is 15.4. The minimum Gasteiger partial charge on any atom is -0.0965 e. The van der Waals surface area contributed by atoms with E-state index in [0.29, 0.717) is 11.8 Å². The lowest BCUT2D eigenvalue weighted by molar-refractivity contribution is 0.284. The first-order valence-corrected chi connectivity index (χ1v) is 21.8. The van der Waals surface area contributed by atoms with Gasteiger partial charge >= 0.3 is 0 Å². The topological polar surface area (TPSA) is 24.7 Å². The minimum atomic E-state index is 0.494. The van der Waals surface area contributed by atoms with Crippen LogP contribution in [0.3, 0.4) is 0 Å². The van der Waals surface area contributed by atoms with Crippen LogP contribution in [0.4, 0.5) is 0 Å². The summed E-state index contributed by atoms with van der Waals surface area (Å²) >= 11 is 0. The van der Waals surface area contributed by atoms with E-state index in [0.717, 1.165) is 12.6 Å². The first-order valence-electron chi connectivity index (χ1n) is 21.8. The van der Waals surface area contributed by atoms with E-state index < -0.39 is 0 Å². The van der Waals surface area contributed by atoms with E-state index in [-0.39, 0.29) is 0 Å². The van der Waals surface area contributed by atoms with Crippen LogP contribution in [0.2, 0.25) is 0 Å². The van der Waals surface area contributed by atoms with Crippen LogP contribution in [0, 0.1) is 18.0 Å². The molecule has 0 N–H and O–H groups in total. The van der Waals surface area contributed by atoms with Gasteiger partial charge in [-0.2, -0.15) is 0 Å². The maximum atomic E-state index is 4.78. The Labute approximate surface area is 301 Å². The van der Waals surface area contributed by atoms with E-state index in [1.165, 1.54) is 211 Å². The fraction of sp³-hybridized carbons (Fsp3) is 0.804. The molecule has 48 heavy (non-hydrogen) atoms. The molecule has 1 aromatic rings. The maximum Gasteiger partial charge on any atom is 0.244 e. The van der Waals surface area contributed by atoms with E-state index in [9.17, 15) is 0 Å². The summed E-state index contributed by atoms with van der Waals surface area (Å²) in [4.78, 5) is 9.55. The van der Waals surface area contributed by atoms with Gasteiger partial charge in [-0.1, -0.05) is 247 Å². The van der Waals surface area contributed by atoms with Crippen molar-refractivity contribution in [3.63, 3.8) is 0 Å². The van der Waals surface area contributed by atoms with Crippen molar-refractivity contribution < 1.29 is 0 Å². The van der Waals surface area contributed by atoms with E-state index in [2.05, 4.69) is 44.2 Å². The summed E-state index contributed by atoms with van der Waals surface area (Å²) in [6.07, 6.45) is 51.5. The quantitative estimate of drug-likeness (QED) is 0.0505. The van der Waals surface area contributed by atoms with Crippen LogP contribution < -0.4 is 0 Å². The van der Waals surface area contributed by atoms with Crippen molar-refractivity contribution in [2.75, 3.05) is 0 Å². The van der Waals surface area contributed by atoms with Crippen molar-refractivity contribution in [3.8, 4) is 0 Å². The molecule has 2 atom stereocenters. The average Bonchev–Trinajstić information content (AvgIpc) is 3.65. The Bertz CT molecular complexity index is 833. The van der Waals surface area contributed by atoms with Crippen molar-refractivity contribution >= 4 is 12.4 Å². The molecule has 0 amide bonds. The third kappa shape index (κ3) is 23.7. The standard InChI is InChI=1S/C46H81N2/c1-3-5-7-9-11-13-15-17-18-19-20-22-23-25-27-29-34-38-44(42-43-36-32-31-33-37-43)45(46-47-40-41-48-46)39-35-30-28-26-24-21-16-14-12-10-8-6-4-2/h31-33,36-37,40-41,44-45H,3-30,34-35,38-39,42H2,1-2H3/q+1. The van der Waals surface area contributed by atoms with Crippen molar-refractivity contribution in [1.82, 2.24) is 0 Å². The highest BCUT2D eigenvalue weighted by Crippen LogP contribution is 2.37. The van der Waals surface area contributed by atoms with Gasteiger partial charge in [-0.15, -0.1) is 0 Å². The lowest BCUT2D eigenvalue weighted by atomic mass is 9.78. The molecule has 0 spiro atoms. The molecule has 0 bridgehead atoms. The van der Waals surface area contributed by atoms with E-state index in [1.54, 1.807) is 0 Å². The number of unbranched alkanes of at least 4 members (excludes halogenated alkanes) is 28. The maximum absolute atomic E-state index is 4.78. The van der Waals surface area contributed by atoms with Crippen LogP contribution in [-0.4, -0.2) is 12.4 Å². The molecule has 0 saturated heterocycles. The molecule has 274 valence electrons. The van der Waals surface area contributed by atoms with Crippen LogP contribution >= 0.6 is 0 Å². The van der Waals surface area contributed by atoms with Crippen molar-refractivity contribution in [3.05, 3.63) is 42.1 Å². The number of benzene rings is 1. The highest BCUT2D eigenvalue weighted by molar-refractivity contribution is 6.18. The fourth-order valence-electron chi connectivity index (χ4n) is 7.90. The Hall–Kier alpha value is -1.57. The number of rotatable bonds is 36. The predicted octanol–water partition coefficient (Wildman–Crippen LogP) is 15.6. The predicted molar refractivity (Wildman–Crippen MR) is 216 cm³/mol. The summed E-state index contributed by atoms with van der Waals surface area (Å²) in [5, 5.41) is 0. The summed E-state index contributed by atoms with van der Waals surface area (Å²) < 4.78 is 0. The normalized spacial score (nSPS) is 13.9. The molecular weight excluding hydrogens is 581 g/mol. The van der Waals surface area contributed by atoms with E-state index >= 15 is 0 Å². The van der Waals surface area contributed by atoms with Gasteiger partial charge in [0.05, 0.1) is 5.92 Å². The zero-order valence-corrected chi connectivity index (χ0v) is 32.4. The lowest BCUT2D eigenvalue weighted by Gasteiger charge is -2.26. The molecule has 2 unspecified atom stereocenters. The summed E-state index contributed by atoms with van der Waals surface area (Å²) in [5.41, 5.74) is 1.48. The van der Waals surface area contributed by atoms with Gasteiger partial charge in [0.1, 0.15) is 0 Å². The van der Waals surface area contributed by atoms with Gasteiger partial charge in [0.2, 0.25) is 6.17 Å². The average molecular weight is 662 g/mol. The zero-order valence-electron chi connectivity index (χ0n) is 32.4. The molecule has 1 heterocycles. The second-order valence-electron chi connectivity index (χ2n) is 15.4. The SMILES string of the molecule is CCCCCCCCCCCCCCCCCCCC(Cc1ccccc1)C(CCCCCCCCCCCCCCC)[C+]1N=CC=N1. The van der Waals surface area contributed by atoms with Crippen LogP contribution in [-0.2, 0) is 6.42 Å². The molecule has 1 aliphatic rings. The van der Waals surface area contributed by atoms with Crippen LogP contribution in [0.5, 0.6) is 0 Å². The molecule has 0 saturated carbocycles. The number of aliphatic imine (C=N–C) groups is 2. The number of hydrogen-bond donors (Lipinski definition) is 0. The number of nitrogens with zero attached hydrogens (tertiary/aromatic N) is 2. The van der Waals surface area contributed by atoms with E-state index in [1.807, 2.05) is 12.4 Å². The van der Waals surface area contributed by atoms with Gasteiger partial charge < -0.3 is 0 Å². The molecule has 1 aromatic carbocycles. The summed E-state index contributed by atoms with van der Waals surface area (Å²) in [7, 11) is 0. The summed E-state index contributed by atoms with van der Waals surface area (Å²) in [6.45, 7) is 4.61. The summed E-state index contributed by atoms with van der Waals surface area (Å²) in [6, 6.07) is 11.2. The highest BCUT2D eigenvalue weighted by atomic mass is 15.0. The van der Waals surface area contributed by atoms with Gasteiger partial charge in [-0.05, 0) is 30.7 Å². The molecule has 2 nitrogen and oxygen atoms in total. The first kappa shape index (κ1) is 42.6. The molecule has 0 aromatic heterocycles. The zero-order chi connectivity index (χ0) is 34.0. The monoisotopic (exact) mass is 662 g/mol. The largest absolute Gasteiger partial charge is 0.244 e. The van der Waals surface area contributed by atoms with E-state index in [4.69, 9.17) is 9.98 Å². The van der Waals surface area contributed by atoms with Crippen LogP contribution in [0.25, 0.3) is 0 Å². The second kappa shape index (κ2) is 32.6. The molecular formula is C46H81N2+. The van der Waals surface area contributed by atoms with Crippen LogP contribution in [0.1, 0.15) is 225 Å². The third-order valence-electron chi connectivity index (χ3n) is 11.0. The molecule has 2 rings (SSSR count). The van der Waals surface area contributed by atoms with Crippen LogP contribution in [0.15, 0.2) is 40.3 Å². The third-order valence-corrected chi connectivity index (χ3v) is 11.0. The Morgan fingerprint density at radius 1 is 0.417 bits per heavy atom. The molecule has 2 heteroatoms. The smallest absolute Gasteiger partial charge is 0.0965 e. The van der Waals surface area contributed by atoms with Crippen molar-refractivity contribution in [2.45, 2.75) is 226 Å². The first-order chi connectivity index (χ1) is 23.8. The van der Waals surface area contributed by atoms with Gasteiger partial charge in [0.15, 0.2) is 12.4 Å². The Morgan fingerprint density at radius 2 is 0.750 bits per heavy atom. The molecule has 0 fully saturated rings. The Balaban J connectivity index is 1.61. The minimum absolute atomic E-state index is 0.494.